The molecule has 2 aromatic rings. The van der Waals surface area contributed by atoms with Gasteiger partial charge in [-0.25, -0.2) is 0 Å². The van der Waals surface area contributed by atoms with Crippen molar-refractivity contribution >= 4 is 42.1 Å². The molecule has 0 aromatic heterocycles. The highest BCUT2D eigenvalue weighted by atomic mass is 35.5. The molecule has 1 amide bonds. The molecule has 0 bridgehead atoms. The molecule has 1 aliphatic heterocycles. The Hall–Kier alpha value is -1.99. The van der Waals surface area contributed by atoms with Crippen LogP contribution in [0.25, 0.3) is 0 Å². The van der Waals surface area contributed by atoms with E-state index in [-0.39, 0.29) is 36.6 Å². The quantitative estimate of drug-likeness (QED) is 0.584. The van der Waals surface area contributed by atoms with Crippen LogP contribution in [0.2, 0.25) is 0 Å². The number of halogens is 2. The summed E-state index contributed by atoms with van der Waals surface area (Å²) >= 11 is 0. The molecule has 148 valence electrons. The van der Waals surface area contributed by atoms with Gasteiger partial charge in [-0.05, 0) is 24.3 Å². The number of carbonyl (C=O) groups excluding carboxylic acids is 1. The summed E-state index contributed by atoms with van der Waals surface area (Å²) in [6, 6.07) is 14.9. The molecule has 1 fully saturated rings. The Bertz CT molecular complexity index is 746. The van der Waals surface area contributed by atoms with Crippen molar-refractivity contribution in [3.63, 3.8) is 0 Å². The summed E-state index contributed by atoms with van der Waals surface area (Å²) in [4.78, 5) is 12.6. The zero-order valence-corrected chi connectivity index (χ0v) is 16.6. The van der Waals surface area contributed by atoms with Gasteiger partial charge >= 0.3 is 0 Å². The van der Waals surface area contributed by atoms with Gasteiger partial charge in [-0.15, -0.1) is 24.8 Å². The maximum absolute atomic E-state index is 12.6. The van der Waals surface area contributed by atoms with E-state index in [4.69, 9.17) is 4.74 Å². The lowest BCUT2D eigenvalue weighted by molar-refractivity contribution is 0.0928. The van der Waals surface area contributed by atoms with Gasteiger partial charge in [-0.3, -0.25) is 4.79 Å². The molecule has 0 aliphatic carbocycles. The first-order valence-corrected chi connectivity index (χ1v) is 8.34. The van der Waals surface area contributed by atoms with E-state index in [1.807, 2.05) is 42.5 Å². The van der Waals surface area contributed by atoms with Gasteiger partial charge in [0.15, 0.2) is 0 Å². The number of carbonyl (C=O) groups is 1. The minimum atomic E-state index is -0.412. The van der Waals surface area contributed by atoms with Crippen LogP contribution in [-0.2, 0) is 0 Å². The number of anilines is 2. The molecular formula is C19H25Cl2N3O3. The zero-order chi connectivity index (χ0) is 17.6. The van der Waals surface area contributed by atoms with E-state index in [1.54, 1.807) is 13.2 Å². The van der Waals surface area contributed by atoms with Crippen molar-refractivity contribution in [1.29, 1.82) is 0 Å². The minimum Gasteiger partial charge on any atom is -0.497 e. The SMILES string of the molecule is COc1cccc(Nc2ccccc2C(=O)NCC2CNCC2O)c1.Cl.Cl. The van der Waals surface area contributed by atoms with Crippen LogP contribution >= 0.6 is 24.8 Å². The van der Waals surface area contributed by atoms with Crippen LogP contribution in [0.3, 0.4) is 0 Å². The van der Waals surface area contributed by atoms with E-state index < -0.39 is 6.10 Å². The number of aliphatic hydroxyl groups excluding tert-OH is 1. The number of benzene rings is 2. The maximum atomic E-state index is 12.6. The Morgan fingerprint density at radius 2 is 1.96 bits per heavy atom. The van der Waals surface area contributed by atoms with Crippen LogP contribution in [0.1, 0.15) is 10.4 Å². The van der Waals surface area contributed by atoms with Crippen molar-refractivity contribution < 1.29 is 14.6 Å². The number of aliphatic hydroxyl groups is 1. The molecule has 2 aromatic carbocycles. The van der Waals surface area contributed by atoms with Crippen LogP contribution in [0.5, 0.6) is 5.75 Å². The van der Waals surface area contributed by atoms with Crippen LogP contribution in [0, 0.1) is 5.92 Å². The summed E-state index contributed by atoms with van der Waals surface area (Å²) in [6.45, 7) is 1.74. The molecule has 8 heteroatoms. The number of rotatable bonds is 6. The summed E-state index contributed by atoms with van der Waals surface area (Å²) in [5.74, 6) is 0.627. The van der Waals surface area contributed by atoms with Crippen molar-refractivity contribution in [2.45, 2.75) is 6.10 Å². The lowest BCUT2D eigenvalue weighted by Gasteiger charge is -2.16. The molecule has 2 atom stereocenters. The molecule has 1 aliphatic rings. The molecule has 2 unspecified atom stereocenters. The molecule has 6 nitrogen and oxygen atoms in total. The number of hydrogen-bond donors (Lipinski definition) is 4. The van der Waals surface area contributed by atoms with E-state index in [0.717, 1.165) is 17.1 Å². The standard InChI is InChI=1S/C19H23N3O3.2ClH/c1-25-15-6-4-5-14(9-15)22-17-8-3-2-7-16(17)19(24)21-11-13-10-20-12-18(13)23;;/h2-9,13,18,20,22-23H,10-12H2,1H3,(H,21,24);2*1H. The Kier molecular flexibility index (Phi) is 9.38. The monoisotopic (exact) mass is 413 g/mol. The molecule has 0 spiro atoms. The normalized spacial score (nSPS) is 18.0. The van der Waals surface area contributed by atoms with Crippen molar-refractivity contribution in [2.75, 3.05) is 32.1 Å². The number of methoxy groups -OCH3 is 1. The fourth-order valence-electron chi connectivity index (χ4n) is 2.89. The van der Waals surface area contributed by atoms with E-state index in [1.165, 1.54) is 0 Å². The van der Waals surface area contributed by atoms with Crippen molar-refractivity contribution in [3.05, 3.63) is 54.1 Å². The van der Waals surface area contributed by atoms with Gasteiger partial charge in [0.05, 0.1) is 24.5 Å². The number of β-amino-alcohol motifs (C(OH)–C–C–N with tert-alkyl or cyclic N) is 1. The first kappa shape index (κ1) is 23.0. The second-order valence-electron chi connectivity index (χ2n) is 6.10. The third-order valence-electron chi connectivity index (χ3n) is 4.35. The van der Waals surface area contributed by atoms with Gasteiger partial charge < -0.3 is 25.8 Å². The number of amides is 1. The summed E-state index contributed by atoms with van der Waals surface area (Å²) < 4.78 is 5.23. The molecule has 4 N–H and O–H groups in total. The van der Waals surface area contributed by atoms with Crippen molar-refractivity contribution in [2.24, 2.45) is 5.92 Å². The number of hydrogen-bond acceptors (Lipinski definition) is 5. The van der Waals surface area contributed by atoms with E-state index in [0.29, 0.717) is 25.2 Å². The predicted molar refractivity (Wildman–Crippen MR) is 112 cm³/mol. The highest BCUT2D eigenvalue weighted by Gasteiger charge is 2.25. The van der Waals surface area contributed by atoms with Gasteiger partial charge in [0, 0.05) is 37.3 Å². The van der Waals surface area contributed by atoms with Gasteiger partial charge in [0.1, 0.15) is 5.75 Å². The molecule has 1 heterocycles. The molecule has 0 radical (unpaired) electrons. The smallest absolute Gasteiger partial charge is 0.253 e. The summed E-state index contributed by atoms with van der Waals surface area (Å²) in [7, 11) is 1.62. The number of nitrogens with one attached hydrogen (secondary N) is 3. The van der Waals surface area contributed by atoms with Crippen molar-refractivity contribution in [1.82, 2.24) is 10.6 Å². The van der Waals surface area contributed by atoms with Gasteiger partial charge in [-0.1, -0.05) is 18.2 Å². The first-order chi connectivity index (χ1) is 12.2. The van der Waals surface area contributed by atoms with Gasteiger partial charge in [0.25, 0.3) is 5.91 Å². The largest absolute Gasteiger partial charge is 0.497 e. The first-order valence-electron chi connectivity index (χ1n) is 8.34. The van der Waals surface area contributed by atoms with Gasteiger partial charge in [0.2, 0.25) is 0 Å². The molecular weight excluding hydrogens is 389 g/mol. The van der Waals surface area contributed by atoms with Crippen molar-refractivity contribution in [3.8, 4) is 5.75 Å². The average Bonchev–Trinajstić information content (AvgIpc) is 3.05. The summed E-state index contributed by atoms with van der Waals surface area (Å²) in [5.41, 5.74) is 2.12. The molecule has 3 rings (SSSR count). The summed E-state index contributed by atoms with van der Waals surface area (Å²) in [5, 5.41) is 19.1. The Labute approximate surface area is 171 Å². The van der Waals surface area contributed by atoms with E-state index in [2.05, 4.69) is 16.0 Å². The highest BCUT2D eigenvalue weighted by Crippen LogP contribution is 2.24. The third-order valence-corrected chi connectivity index (χ3v) is 4.35. The lowest BCUT2D eigenvalue weighted by atomic mass is 10.1. The molecule has 0 saturated carbocycles. The molecule has 27 heavy (non-hydrogen) atoms. The van der Waals surface area contributed by atoms with Crippen LogP contribution in [0.15, 0.2) is 48.5 Å². The van der Waals surface area contributed by atoms with Crippen LogP contribution in [0.4, 0.5) is 11.4 Å². The predicted octanol–water partition coefficient (Wildman–Crippen LogP) is 2.59. The Morgan fingerprint density at radius 1 is 1.19 bits per heavy atom. The highest BCUT2D eigenvalue weighted by molar-refractivity contribution is 6.00. The fourth-order valence-corrected chi connectivity index (χ4v) is 2.89. The average molecular weight is 414 g/mol. The fraction of sp³-hybridized carbons (Fsp3) is 0.316. The number of para-hydroxylation sites is 1. The Balaban J connectivity index is 0.00000182. The maximum Gasteiger partial charge on any atom is 0.253 e. The number of ether oxygens (including phenoxy) is 1. The minimum absolute atomic E-state index is 0. The Morgan fingerprint density at radius 3 is 2.67 bits per heavy atom. The third kappa shape index (κ3) is 6.01. The second kappa shape index (κ2) is 11.0. The molecule has 1 saturated heterocycles. The van der Waals surface area contributed by atoms with Gasteiger partial charge in [-0.2, -0.15) is 0 Å². The zero-order valence-electron chi connectivity index (χ0n) is 15.0. The van der Waals surface area contributed by atoms with Crippen LogP contribution in [-0.4, -0.2) is 43.9 Å². The summed E-state index contributed by atoms with van der Waals surface area (Å²) in [6.07, 6.45) is -0.412. The topological polar surface area (TPSA) is 82.6 Å². The lowest BCUT2D eigenvalue weighted by Crippen LogP contribution is -2.34. The van der Waals surface area contributed by atoms with Crippen LogP contribution < -0.4 is 20.7 Å². The second-order valence-corrected chi connectivity index (χ2v) is 6.10. The van der Waals surface area contributed by atoms with E-state index >= 15 is 0 Å². The van der Waals surface area contributed by atoms with E-state index in [9.17, 15) is 9.90 Å².